The van der Waals surface area contributed by atoms with Crippen molar-refractivity contribution in [1.29, 1.82) is 0 Å². The molecule has 0 unspecified atom stereocenters. The molecule has 0 atom stereocenters. The van der Waals surface area contributed by atoms with E-state index in [0.29, 0.717) is 29.6 Å². The Hall–Kier alpha value is -2.76. The van der Waals surface area contributed by atoms with Gasteiger partial charge in [0.1, 0.15) is 0 Å². The molecule has 2 aromatic carbocycles. The lowest BCUT2D eigenvalue weighted by molar-refractivity contribution is 0.0951. The molecule has 0 radical (unpaired) electrons. The highest BCUT2D eigenvalue weighted by atomic mass is 35.5. The summed E-state index contributed by atoms with van der Waals surface area (Å²) in [4.78, 5) is 13.0. The van der Waals surface area contributed by atoms with E-state index < -0.39 is 0 Å². The maximum absolute atomic E-state index is 13.0. The minimum Gasteiger partial charge on any atom is -0.348 e. The third kappa shape index (κ3) is 5.49. The maximum atomic E-state index is 13.0. The molecule has 1 amide bonds. The second-order valence-electron chi connectivity index (χ2n) is 8.26. The molecule has 31 heavy (non-hydrogen) atoms. The average Bonchev–Trinajstić information content (AvgIpc) is 3.58. The van der Waals surface area contributed by atoms with Gasteiger partial charge in [-0.2, -0.15) is 10.2 Å². The van der Waals surface area contributed by atoms with Gasteiger partial charge < -0.3 is 11.1 Å². The monoisotopic (exact) mass is 434 g/mol. The van der Waals surface area contributed by atoms with Crippen LogP contribution in [0.4, 0.5) is 0 Å². The standard InChI is InChI=1S/C25H27ClN4O/c1-16-10-19(23-7-9-29-30-24(23)12-17-2-3-17)13-20(11-16)25(31)28-15-21-14-22(26)5-4-18(21)6-8-27/h4-5,7,9-11,13-14,17H,2-3,6,8,12,15,27H2,1H3,(H,28,31). The lowest BCUT2D eigenvalue weighted by Crippen LogP contribution is -2.24. The summed E-state index contributed by atoms with van der Waals surface area (Å²) in [5.74, 6) is 0.595. The Morgan fingerprint density at radius 3 is 2.77 bits per heavy atom. The van der Waals surface area contributed by atoms with Gasteiger partial charge in [-0.25, -0.2) is 0 Å². The van der Waals surface area contributed by atoms with Crippen LogP contribution in [0.5, 0.6) is 0 Å². The van der Waals surface area contributed by atoms with Crippen molar-refractivity contribution in [2.45, 2.75) is 39.2 Å². The number of benzene rings is 2. The fraction of sp³-hybridized carbons (Fsp3) is 0.320. The first-order valence-corrected chi connectivity index (χ1v) is 11.1. The number of hydrogen-bond donors (Lipinski definition) is 2. The highest BCUT2D eigenvalue weighted by molar-refractivity contribution is 6.30. The van der Waals surface area contributed by atoms with Gasteiger partial charge in [0.2, 0.25) is 0 Å². The van der Waals surface area contributed by atoms with Crippen LogP contribution < -0.4 is 11.1 Å². The Bertz CT molecular complexity index is 1090. The van der Waals surface area contributed by atoms with Gasteiger partial charge in [0.05, 0.1) is 11.9 Å². The van der Waals surface area contributed by atoms with Crippen molar-refractivity contribution in [1.82, 2.24) is 15.5 Å². The molecular weight excluding hydrogens is 408 g/mol. The van der Waals surface area contributed by atoms with Gasteiger partial charge in [0.15, 0.2) is 0 Å². The Labute approximate surface area is 188 Å². The first kappa shape index (κ1) is 21.5. The predicted molar refractivity (Wildman–Crippen MR) is 124 cm³/mol. The zero-order valence-electron chi connectivity index (χ0n) is 17.7. The molecule has 1 saturated carbocycles. The van der Waals surface area contributed by atoms with Gasteiger partial charge >= 0.3 is 0 Å². The maximum Gasteiger partial charge on any atom is 0.251 e. The lowest BCUT2D eigenvalue weighted by atomic mass is 9.97. The number of aromatic nitrogens is 2. The van der Waals surface area contributed by atoms with Gasteiger partial charge in [-0.05, 0) is 97.7 Å². The van der Waals surface area contributed by atoms with Gasteiger partial charge in [-0.3, -0.25) is 4.79 Å². The fourth-order valence-electron chi connectivity index (χ4n) is 3.88. The number of amides is 1. The summed E-state index contributed by atoms with van der Waals surface area (Å²) in [5, 5.41) is 12.1. The van der Waals surface area contributed by atoms with Crippen molar-refractivity contribution in [3.05, 3.63) is 81.6 Å². The average molecular weight is 435 g/mol. The fourth-order valence-corrected chi connectivity index (χ4v) is 4.07. The van der Waals surface area contributed by atoms with E-state index >= 15 is 0 Å². The molecule has 1 heterocycles. The van der Waals surface area contributed by atoms with Crippen molar-refractivity contribution in [2.75, 3.05) is 6.54 Å². The summed E-state index contributed by atoms with van der Waals surface area (Å²) in [5.41, 5.74) is 12.5. The van der Waals surface area contributed by atoms with E-state index in [1.54, 1.807) is 6.20 Å². The van der Waals surface area contributed by atoms with E-state index in [0.717, 1.165) is 46.4 Å². The van der Waals surface area contributed by atoms with Crippen LogP contribution in [0.3, 0.4) is 0 Å². The first-order valence-electron chi connectivity index (χ1n) is 10.7. The predicted octanol–water partition coefficient (Wildman–Crippen LogP) is 4.49. The molecule has 5 nitrogen and oxygen atoms in total. The quantitative estimate of drug-likeness (QED) is 0.547. The minimum atomic E-state index is -0.116. The molecule has 1 aliphatic rings. The first-order chi connectivity index (χ1) is 15.0. The molecule has 0 bridgehead atoms. The Kier molecular flexibility index (Phi) is 6.64. The number of carbonyl (C=O) groups is 1. The van der Waals surface area contributed by atoms with Gasteiger partial charge in [0.25, 0.3) is 5.91 Å². The normalized spacial score (nSPS) is 13.3. The van der Waals surface area contributed by atoms with Gasteiger partial charge in [0, 0.05) is 22.7 Å². The minimum absolute atomic E-state index is 0.116. The lowest BCUT2D eigenvalue weighted by Gasteiger charge is -2.13. The second kappa shape index (κ2) is 9.58. The van der Waals surface area contributed by atoms with Crippen molar-refractivity contribution < 1.29 is 4.79 Å². The zero-order chi connectivity index (χ0) is 21.8. The number of nitrogens with two attached hydrogens (primary N) is 1. The molecule has 1 aliphatic carbocycles. The number of nitrogens with one attached hydrogen (secondary N) is 1. The summed E-state index contributed by atoms with van der Waals surface area (Å²) < 4.78 is 0. The van der Waals surface area contributed by atoms with E-state index in [2.05, 4.69) is 21.6 Å². The van der Waals surface area contributed by atoms with Gasteiger partial charge in [-0.15, -0.1) is 0 Å². The van der Waals surface area contributed by atoms with Crippen LogP contribution in [-0.2, 0) is 19.4 Å². The highest BCUT2D eigenvalue weighted by Crippen LogP contribution is 2.35. The molecule has 6 heteroatoms. The van der Waals surface area contributed by atoms with Crippen LogP contribution in [0, 0.1) is 12.8 Å². The van der Waals surface area contributed by atoms with Crippen molar-refractivity contribution >= 4 is 17.5 Å². The molecule has 0 aliphatic heterocycles. The SMILES string of the molecule is Cc1cc(C(=O)NCc2cc(Cl)ccc2CCN)cc(-c2ccnnc2CC2CC2)c1. The Balaban J connectivity index is 1.55. The Morgan fingerprint density at radius 2 is 2.00 bits per heavy atom. The van der Waals surface area contributed by atoms with E-state index in [4.69, 9.17) is 17.3 Å². The molecule has 1 fully saturated rings. The molecule has 3 aromatic rings. The van der Waals surface area contributed by atoms with Crippen LogP contribution in [0.2, 0.25) is 5.02 Å². The Morgan fingerprint density at radius 1 is 1.16 bits per heavy atom. The summed E-state index contributed by atoms with van der Waals surface area (Å²) in [7, 11) is 0. The zero-order valence-corrected chi connectivity index (χ0v) is 18.5. The van der Waals surface area contributed by atoms with E-state index in [1.165, 1.54) is 12.8 Å². The number of halogens is 1. The van der Waals surface area contributed by atoms with Crippen LogP contribution >= 0.6 is 11.6 Å². The van der Waals surface area contributed by atoms with Crippen LogP contribution in [0.1, 0.15) is 45.6 Å². The molecule has 3 N–H and O–H groups in total. The summed E-state index contributed by atoms with van der Waals surface area (Å²) in [6.45, 7) is 2.96. The topological polar surface area (TPSA) is 80.9 Å². The van der Waals surface area contributed by atoms with Crippen LogP contribution in [0.25, 0.3) is 11.1 Å². The molecule has 0 saturated heterocycles. The summed E-state index contributed by atoms with van der Waals surface area (Å²) in [6.07, 6.45) is 5.92. The molecule has 4 rings (SSSR count). The third-order valence-electron chi connectivity index (χ3n) is 5.65. The van der Waals surface area contributed by atoms with E-state index in [9.17, 15) is 4.79 Å². The second-order valence-corrected chi connectivity index (χ2v) is 8.70. The smallest absolute Gasteiger partial charge is 0.251 e. The largest absolute Gasteiger partial charge is 0.348 e. The van der Waals surface area contributed by atoms with Crippen LogP contribution in [0.15, 0.2) is 48.7 Å². The van der Waals surface area contributed by atoms with E-state index in [1.807, 2.05) is 43.3 Å². The van der Waals surface area contributed by atoms with Gasteiger partial charge in [-0.1, -0.05) is 23.7 Å². The van der Waals surface area contributed by atoms with E-state index in [-0.39, 0.29) is 5.91 Å². The number of hydrogen-bond acceptors (Lipinski definition) is 4. The van der Waals surface area contributed by atoms with Crippen molar-refractivity contribution in [2.24, 2.45) is 11.7 Å². The van der Waals surface area contributed by atoms with Crippen molar-refractivity contribution in [3.8, 4) is 11.1 Å². The molecular formula is C25H27ClN4O. The number of rotatable bonds is 8. The third-order valence-corrected chi connectivity index (χ3v) is 5.88. The number of aryl methyl sites for hydroxylation is 1. The molecule has 160 valence electrons. The highest BCUT2D eigenvalue weighted by Gasteiger charge is 2.24. The molecule has 1 aromatic heterocycles. The summed E-state index contributed by atoms with van der Waals surface area (Å²) in [6, 6.07) is 13.7. The molecule has 0 spiro atoms. The number of nitrogens with zero attached hydrogens (tertiary/aromatic N) is 2. The van der Waals surface area contributed by atoms with Crippen LogP contribution in [-0.4, -0.2) is 22.6 Å². The number of carbonyl (C=O) groups excluding carboxylic acids is 1. The van der Waals surface area contributed by atoms with Crippen molar-refractivity contribution in [3.63, 3.8) is 0 Å². The summed E-state index contributed by atoms with van der Waals surface area (Å²) >= 11 is 6.16.